The van der Waals surface area contributed by atoms with E-state index in [0.717, 1.165) is 11.8 Å². The van der Waals surface area contributed by atoms with Crippen molar-refractivity contribution in [1.82, 2.24) is 4.90 Å². The molecule has 2 fully saturated rings. The molecule has 0 spiro atoms. The van der Waals surface area contributed by atoms with E-state index in [2.05, 4.69) is 25.7 Å². The fraction of sp³-hybridized carbons (Fsp3) is 1.00. The molecule has 2 aliphatic rings. The molecule has 14 heavy (non-hydrogen) atoms. The lowest BCUT2D eigenvalue weighted by Crippen LogP contribution is -2.50. The Morgan fingerprint density at radius 2 is 1.57 bits per heavy atom. The van der Waals surface area contributed by atoms with Crippen LogP contribution in [0.2, 0.25) is 0 Å². The lowest BCUT2D eigenvalue weighted by molar-refractivity contribution is 0.0287. The van der Waals surface area contributed by atoms with E-state index in [9.17, 15) is 0 Å². The van der Waals surface area contributed by atoms with E-state index in [-0.39, 0.29) is 0 Å². The maximum Gasteiger partial charge on any atom is 0.0125 e. The molecule has 0 N–H and O–H groups in total. The van der Waals surface area contributed by atoms with Crippen molar-refractivity contribution >= 4 is 0 Å². The number of likely N-dealkylation sites (tertiary alicyclic amines) is 1. The lowest BCUT2D eigenvalue weighted by atomic mass is 9.74. The minimum Gasteiger partial charge on any atom is -0.298 e. The van der Waals surface area contributed by atoms with Gasteiger partial charge in [-0.3, -0.25) is 4.90 Å². The first-order valence-corrected chi connectivity index (χ1v) is 6.32. The molecule has 1 nitrogen and oxygen atoms in total. The summed E-state index contributed by atoms with van der Waals surface area (Å²) in [6, 6.07) is 0. The molecule has 0 aromatic rings. The van der Waals surface area contributed by atoms with Crippen LogP contribution in [0.25, 0.3) is 0 Å². The minimum absolute atomic E-state index is 0.391. The molecule has 0 unspecified atom stereocenters. The van der Waals surface area contributed by atoms with E-state index in [1.54, 1.807) is 0 Å². The first kappa shape index (κ1) is 10.5. The highest BCUT2D eigenvalue weighted by atomic mass is 15.2. The summed E-state index contributed by atoms with van der Waals surface area (Å²) in [6.45, 7) is 9.78. The van der Waals surface area contributed by atoms with Gasteiger partial charge in [-0.1, -0.05) is 19.3 Å². The largest absolute Gasteiger partial charge is 0.298 e. The second kappa shape index (κ2) is 3.84. The Morgan fingerprint density at radius 1 is 0.929 bits per heavy atom. The Bertz CT molecular complexity index is 192. The van der Waals surface area contributed by atoms with E-state index in [1.807, 2.05) is 0 Å². The molecule has 0 aromatic heterocycles. The van der Waals surface area contributed by atoms with Gasteiger partial charge in [0.25, 0.3) is 0 Å². The highest BCUT2D eigenvalue weighted by Crippen LogP contribution is 2.37. The molecular weight excluding hydrogens is 170 g/mol. The third kappa shape index (κ3) is 2.13. The van der Waals surface area contributed by atoms with Gasteiger partial charge in [0.2, 0.25) is 0 Å². The van der Waals surface area contributed by atoms with Crippen molar-refractivity contribution in [3.63, 3.8) is 0 Å². The summed E-state index contributed by atoms with van der Waals surface area (Å²) in [4.78, 5) is 2.69. The molecule has 0 aromatic carbocycles. The summed E-state index contributed by atoms with van der Waals surface area (Å²) >= 11 is 0. The normalized spacial score (nSPS) is 35.4. The topological polar surface area (TPSA) is 3.24 Å². The van der Waals surface area contributed by atoms with E-state index in [4.69, 9.17) is 0 Å². The molecule has 1 heteroatoms. The number of hydrogen-bond donors (Lipinski definition) is 0. The van der Waals surface area contributed by atoms with Crippen LogP contribution >= 0.6 is 0 Å². The van der Waals surface area contributed by atoms with Crippen molar-refractivity contribution in [3.05, 3.63) is 0 Å². The standard InChI is InChI=1S/C13H25N/c1-13(2,3)14-9-8-11-6-4-5-7-12(11)10-14/h11-12H,4-10H2,1-3H3/t11-,12+/m0/s1. The van der Waals surface area contributed by atoms with Crippen molar-refractivity contribution in [2.75, 3.05) is 13.1 Å². The van der Waals surface area contributed by atoms with Crippen molar-refractivity contribution in [2.45, 2.75) is 58.4 Å². The van der Waals surface area contributed by atoms with Crippen LogP contribution in [0, 0.1) is 11.8 Å². The Labute approximate surface area is 88.9 Å². The Balaban J connectivity index is 1.96. The van der Waals surface area contributed by atoms with Crippen molar-refractivity contribution < 1.29 is 0 Å². The van der Waals surface area contributed by atoms with E-state index in [1.165, 1.54) is 45.2 Å². The van der Waals surface area contributed by atoms with Crippen LogP contribution in [-0.2, 0) is 0 Å². The number of rotatable bonds is 0. The summed E-state index contributed by atoms with van der Waals surface area (Å²) in [5.74, 6) is 2.10. The third-order valence-corrected chi connectivity index (χ3v) is 4.24. The van der Waals surface area contributed by atoms with Crippen LogP contribution in [0.3, 0.4) is 0 Å². The second-order valence-electron chi connectivity index (χ2n) is 6.21. The van der Waals surface area contributed by atoms with Crippen molar-refractivity contribution in [1.29, 1.82) is 0 Å². The molecule has 1 aliphatic carbocycles. The molecule has 82 valence electrons. The molecule has 0 radical (unpaired) electrons. The maximum absolute atomic E-state index is 2.69. The third-order valence-electron chi connectivity index (χ3n) is 4.24. The Hall–Kier alpha value is -0.0400. The van der Waals surface area contributed by atoms with Gasteiger partial charge >= 0.3 is 0 Å². The van der Waals surface area contributed by atoms with Gasteiger partial charge in [0.15, 0.2) is 0 Å². The predicted molar refractivity (Wildman–Crippen MR) is 61.4 cm³/mol. The molecule has 0 bridgehead atoms. The predicted octanol–water partition coefficient (Wildman–Crippen LogP) is 3.30. The number of nitrogens with zero attached hydrogens (tertiary/aromatic N) is 1. The van der Waals surface area contributed by atoms with Gasteiger partial charge in [0.05, 0.1) is 0 Å². The maximum atomic E-state index is 2.69. The van der Waals surface area contributed by atoms with E-state index < -0.39 is 0 Å². The van der Waals surface area contributed by atoms with E-state index in [0.29, 0.717) is 5.54 Å². The van der Waals surface area contributed by atoms with Crippen LogP contribution in [0.4, 0.5) is 0 Å². The van der Waals surface area contributed by atoms with Gasteiger partial charge in [0, 0.05) is 12.1 Å². The van der Waals surface area contributed by atoms with Gasteiger partial charge in [-0.15, -0.1) is 0 Å². The Morgan fingerprint density at radius 3 is 2.21 bits per heavy atom. The zero-order valence-electron chi connectivity index (χ0n) is 10.1. The smallest absolute Gasteiger partial charge is 0.0125 e. The molecule has 1 saturated carbocycles. The average molecular weight is 195 g/mol. The van der Waals surface area contributed by atoms with E-state index >= 15 is 0 Å². The fourth-order valence-electron chi connectivity index (χ4n) is 3.21. The summed E-state index contributed by atoms with van der Waals surface area (Å²) < 4.78 is 0. The van der Waals surface area contributed by atoms with Gasteiger partial charge in [-0.25, -0.2) is 0 Å². The molecule has 0 amide bonds. The number of fused-ring (bicyclic) bond motifs is 1. The Kier molecular flexibility index (Phi) is 2.88. The minimum atomic E-state index is 0.391. The summed E-state index contributed by atoms with van der Waals surface area (Å²) in [5, 5.41) is 0. The SMILES string of the molecule is CC(C)(C)N1CC[C@@H]2CCCC[C@@H]2C1. The van der Waals surface area contributed by atoms with Gasteiger partial charge < -0.3 is 0 Å². The average Bonchev–Trinajstić information content (AvgIpc) is 2.16. The highest BCUT2D eigenvalue weighted by molar-refractivity contribution is 4.88. The summed E-state index contributed by atoms with van der Waals surface area (Å²) in [5.41, 5.74) is 0.391. The first-order valence-electron chi connectivity index (χ1n) is 6.32. The van der Waals surface area contributed by atoms with Crippen LogP contribution in [0.15, 0.2) is 0 Å². The monoisotopic (exact) mass is 195 g/mol. The van der Waals surface area contributed by atoms with Crippen LogP contribution < -0.4 is 0 Å². The van der Waals surface area contributed by atoms with Crippen LogP contribution in [0.5, 0.6) is 0 Å². The fourth-order valence-corrected chi connectivity index (χ4v) is 3.21. The number of hydrogen-bond acceptors (Lipinski definition) is 1. The molecule has 1 saturated heterocycles. The summed E-state index contributed by atoms with van der Waals surface area (Å²) in [7, 11) is 0. The van der Waals surface area contributed by atoms with Gasteiger partial charge in [0.1, 0.15) is 0 Å². The van der Waals surface area contributed by atoms with Gasteiger partial charge in [-0.2, -0.15) is 0 Å². The molecule has 2 atom stereocenters. The second-order valence-corrected chi connectivity index (χ2v) is 6.21. The summed E-state index contributed by atoms with van der Waals surface area (Å²) in [6.07, 6.45) is 7.46. The van der Waals surface area contributed by atoms with Gasteiger partial charge in [-0.05, 0) is 52.0 Å². The molecule has 1 heterocycles. The molecular formula is C13H25N. The van der Waals surface area contributed by atoms with Crippen LogP contribution in [0.1, 0.15) is 52.9 Å². The van der Waals surface area contributed by atoms with Crippen LogP contribution in [-0.4, -0.2) is 23.5 Å². The lowest BCUT2D eigenvalue weighted by Gasteiger charge is -2.46. The zero-order chi connectivity index (χ0) is 10.2. The zero-order valence-corrected chi connectivity index (χ0v) is 10.1. The number of piperidine rings is 1. The molecule has 2 rings (SSSR count). The van der Waals surface area contributed by atoms with Crippen molar-refractivity contribution in [2.24, 2.45) is 11.8 Å². The molecule has 1 aliphatic heterocycles. The quantitative estimate of drug-likeness (QED) is 0.573. The first-order chi connectivity index (χ1) is 6.57. The highest BCUT2D eigenvalue weighted by Gasteiger charge is 2.34. The van der Waals surface area contributed by atoms with Crippen molar-refractivity contribution in [3.8, 4) is 0 Å².